The zero-order chi connectivity index (χ0) is 25.8. The number of nitrogens with one attached hydrogen (secondary N) is 1. The van der Waals surface area contributed by atoms with Gasteiger partial charge in [-0.15, -0.1) is 0 Å². The number of thiocarbonyl (C=S) groups is 1. The Balaban J connectivity index is 1.69. The average molecular weight is 523 g/mol. The number of thioether (sulfide) groups is 1. The van der Waals surface area contributed by atoms with Crippen molar-refractivity contribution in [2.75, 3.05) is 18.5 Å². The predicted molar refractivity (Wildman–Crippen MR) is 150 cm³/mol. The summed E-state index contributed by atoms with van der Waals surface area (Å²) in [6.07, 6.45) is 4.22. The minimum absolute atomic E-state index is 0.159. The molecular weight excluding hydrogens is 492 g/mol. The average Bonchev–Trinajstić information content (AvgIpc) is 3.14. The Bertz CT molecular complexity index is 1370. The Morgan fingerprint density at radius 1 is 1.14 bits per heavy atom. The lowest BCUT2D eigenvalue weighted by atomic mass is 10.1. The fourth-order valence-electron chi connectivity index (χ4n) is 4.00. The molecule has 0 spiro atoms. The Morgan fingerprint density at radius 3 is 2.61 bits per heavy atom. The van der Waals surface area contributed by atoms with E-state index in [1.807, 2.05) is 70.2 Å². The van der Waals surface area contributed by atoms with Crippen LogP contribution in [-0.2, 0) is 9.53 Å². The van der Waals surface area contributed by atoms with Crippen LogP contribution in [0.1, 0.15) is 49.9 Å². The van der Waals surface area contributed by atoms with Crippen molar-refractivity contribution in [1.29, 1.82) is 0 Å². The number of benzene rings is 1. The van der Waals surface area contributed by atoms with Crippen LogP contribution in [-0.4, -0.2) is 43.8 Å². The maximum atomic E-state index is 13.5. The second kappa shape index (κ2) is 11.4. The highest BCUT2D eigenvalue weighted by molar-refractivity contribution is 8.26. The highest BCUT2D eigenvalue weighted by Gasteiger charge is 2.36. The summed E-state index contributed by atoms with van der Waals surface area (Å²) in [6, 6.07) is 13.3. The number of nitrogens with zero attached hydrogens (tertiary/aromatic N) is 3. The Morgan fingerprint density at radius 2 is 1.89 bits per heavy atom. The van der Waals surface area contributed by atoms with Crippen LogP contribution < -0.4 is 10.9 Å². The van der Waals surface area contributed by atoms with Crippen molar-refractivity contribution >= 4 is 51.7 Å². The van der Waals surface area contributed by atoms with Gasteiger partial charge >= 0.3 is 0 Å². The zero-order valence-electron chi connectivity index (χ0n) is 20.9. The van der Waals surface area contributed by atoms with Crippen LogP contribution in [0.3, 0.4) is 0 Å². The van der Waals surface area contributed by atoms with Gasteiger partial charge in [0.05, 0.1) is 22.6 Å². The molecule has 3 heterocycles. The third-order valence-corrected chi connectivity index (χ3v) is 7.25. The number of hydrogen-bond acceptors (Lipinski definition) is 7. The van der Waals surface area contributed by atoms with Crippen molar-refractivity contribution in [1.82, 2.24) is 14.3 Å². The van der Waals surface area contributed by atoms with Crippen LogP contribution in [0, 0.1) is 6.92 Å². The van der Waals surface area contributed by atoms with Gasteiger partial charge in [-0.2, -0.15) is 0 Å². The van der Waals surface area contributed by atoms with E-state index < -0.39 is 0 Å². The summed E-state index contributed by atoms with van der Waals surface area (Å²) in [4.78, 5) is 33.7. The molecule has 36 heavy (non-hydrogen) atoms. The summed E-state index contributed by atoms with van der Waals surface area (Å²) in [5, 5.41) is 3.29. The maximum absolute atomic E-state index is 13.5. The van der Waals surface area contributed by atoms with Gasteiger partial charge in [-0.25, -0.2) is 4.98 Å². The van der Waals surface area contributed by atoms with E-state index >= 15 is 0 Å². The van der Waals surface area contributed by atoms with E-state index in [9.17, 15) is 9.59 Å². The number of fused-ring (bicyclic) bond motifs is 1. The monoisotopic (exact) mass is 522 g/mol. The van der Waals surface area contributed by atoms with Crippen molar-refractivity contribution < 1.29 is 9.53 Å². The zero-order valence-corrected chi connectivity index (χ0v) is 22.5. The van der Waals surface area contributed by atoms with E-state index in [0.717, 1.165) is 17.5 Å². The molecule has 9 heteroatoms. The van der Waals surface area contributed by atoms with Crippen molar-refractivity contribution in [3.8, 4) is 0 Å². The number of amides is 1. The molecule has 0 radical (unpaired) electrons. The molecule has 1 N–H and O–H groups in total. The van der Waals surface area contributed by atoms with Crippen LogP contribution in [0.25, 0.3) is 11.7 Å². The lowest BCUT2D eigenvalue weighted by molar-refractivity contribution is -0.123. The number of ether oxygens (including phenoxy) is 1. The van der Waals surface area contributed by atoms with Crippen molar-refractivity contribution in [2.24, 2.45) is 0 Å². The van der Waals surface area contributed by atoms with E-state index in [2.05, 4.69) is 5.32 Å². The number of rotatable bonds is 9. The first kappa shape index (κ1) is 26.1. The lowest BCUT2D eigenvalue weighted by Crippen LogP contribution is -2.31. The van der Waals surface area contributed by atoms with Gasteiger partial charge in [-0.1, -0.05) is 60.4 Å². The fraction of sp³-hybridized carbons (Fsp3) is 0.333. The normalized spacial score (nSPS) is 15.9. The Hall–Kier alpha value is -3.01. The van der Waals surface area contributed by atoms with Crippen LogP contribution in [0.5, 0.6) is 0 Å². The number of aryl methyl sites for hydroxylation is 1. The molecule has 0 saturated carbocycles. The van der Waals surface area contributed by atoms with Crippen molar-refractivity contribution in [3.05, 3.63) is 80.6 Å². The highest BCUT2D eigenvalue weighted by Crippen LogP contribution is 2.38. The third kappa shape index (κ3) is 5.53. The standard InChI is InChI=1S/C27H30N4O3S2/c1-17(2)34-15-9-13-28-23-21(25(32)30-14-8-10-18(3)24(30)29-23)16-22-26(33)31(27(35)36-22)19(4)20-11-6-5-7-12-20/h5-8,10-12,14,16-17,19,28H,9,13,15H2,1-4H3/b22-16-/t19-/m0/s1. The summed E-state index contributed by atoms with van der Waals surface area (Å²) in [5.41, 5.74) is 2.53. The van der Waals surface area contributed by atoms with Crippen molar-refractivity contribution in [3.63, 3.8) is 0 Å². The summed E-state index contributed by atoms with van der Waals surface area (Å²) < 4.78 is 7.60. The molecule has 1 atom stereocenters. The molecule has 0 bridgehead atoms. The molecule has 1 aromatic carbocycles. The van der Waals surface area contributed by atoms with E-state index in [4.69, 9.17) is 21.9 Å². The molecule has 1 fully saturated rings. The van der Waals surface area contributed by atoms with Crippen LogP contribution in [0.2, 0.25) is 0 Å². The maximum Gasteiger partial charge on any atom is 0.267 e. The van der Waals surface area contributed by atoms with Gasteiger partial charge in [-0.3, -0.25) is 18.9 Å². The van der Waals surface area contributed by atoms with Crippen LogP contribution in [0.4, 0.5) is 5.82 Å². The molecule has 1 amide bonds. The predicted octanol–water partition coefficient (Wildman–Crippen LogP) is 5.19. The molecular formula is C27H30N4O3S2. The Labute approximate surface area is 220 Å². The molecule has 1 aliphatic rings. The van der Waals surface area contributed by atoms with E-state index in [-0.39, 0.29) is 23.6 Å². The summed E-state index contributed by atoms with van der Waals surface area (Å²) >= 11 is 6.77. The molecule has 0 aliphatic carbocycles. The highest BCUT2D eigenvalue weighted by atomic mass is 32.2. The van der Waals surface area contributed by atoms with Crippen LogP contribution in [0.15, 0.2) is 58.4 Å². The first-order valence-electron chi connectivity index (χ1n) is 12.0. The van der Waals surface area contributed by atoms with E-state index in [0.29, 0.717) is 39.4 Å². The number of carbonyl (C=O) groups excluding carboxylic acids is 1. The number of aromatic nitrogens is 2. The van der Waals surface area contributed by atoms with Gasteiger partial charge in [0, 0.05) is 19.3 Å². The molecule has 0 unspecified atom stereocenters. The topological polar surface area (TPSA) is 75.9 Å². The Kier molecular flexibility index (Phi) is 8.23. The molecule has 4 rings (SSSR count). The smallest absolute Gasteiger partial charge is 0.267 e. The van der Waals surface area contributed by atoms with Crippen molar-refractivity contribution in [2.45, 2.75) is 46.3 Å². The molecule has 2 aromatic heterocycles. The van der Waals surface area contributed by atoms with E-state index in [1.165, 1.54) is 16.2 Å². The third-order valence-electron chi connectivity index (χ3n) is 5.92. The minimum atomic E-state index is -0.244. The second-order valence-corrected chi connectivity index (χ2v) is 10.6. The minimum Gasteiger partial charge on any atom is -0.379 e. The number of carbonyl (C=O) groups is 1. The first-order valence-corrected chi connectivity index (χ1v) is 13.2. The number of pyridine rings is 1. The van der Waals surface area contributed by atoms with Gasteiger partial charge in [0.15, 0.2) is 0 Å². The molecule has 188 valence electrons. The molecule has 1 aliphatic heterocycles. The van der Waals surface area contributed by atoms with Gasteiger partial charge in [-0.05, 0) is 57.4 Å². The lowest BCUT2D eigenvalue weighted by Gasteiger charge is -2.23. The van der Waals surface area contributed by atoms with E-state index in [1.54, 1.807) is 17.2 Å². The van der Waals surface area contributed by atoms with Gasteiger partial charge in [0.2, 0.25) is 0 Å². The first-order chi connectivity index (χ1) is 17.3. The van der Waals surface area contributed by atoms with Gasteiger partial charge in [0.25, 0.3) is 11.5 Å². The number of hydrogen-bond donors (Lipinski definition) is 1. The largest absolute Gasteiger partial charge is 0.379 e. The van der Waals surface area contributed by atoms with Gasteiger partial charge in [0.1, 0.15) is 15.8 Å². The quantitative estimate of drug-likeness (QED) is 0.235. The fourth-order valence-corrected chi connectivity index (χ4v) is 5.40. The van der Waals surface area contributed by atoms with Gasteiger partial charge < -0.3 is 10.1 Å². The molecule has 1 saturated heterocycles. The molecule has 7 nitrogen and oxygen atoms in total. The second-order valence-electron chi connectivity index (χ2n) is 8.90. The molecule has 3 aromatic rings. The SMILES string of the molecule is Cc1cccn2c(=O)c(/C=C3\SC(=S)N([C@@H](C)c4ccccc4)C3=O)c(NCCCOC(C)C)nc12. The number of anilines is 1. The summed E-state index contributed by atoms with van der Waals surface area (Å²) in [6.45, 7) is 9.03. The summed E-state index contributed by atoms with van der Waals surface area (Å²) in [5.74, 6) is 0.228. The van der Waals surface area contributed by atoms with Crippen LogP contribution >= 0.6 is 24.0 Å². The summed E-state index contributed by atoms with van der Waals surface area (Å²) in [7, 11) is 0.